The van der Waals surface area contributed by atoms with Crippen molar-refractivity contribution in [2.45, 2.75) is 66.2 Å². The van der Waals surface area contributed by atoms with E-state index < -0.39 is 6.16 Å². The van der Waals surface area contributed by atoms with Crippen molar-refractivity contribution < 1.29 is 19.1 Å². The van der Waals surface area contributed by atoms with Crippen LogP contribution in [0.1, 0.15) is 77.5 Å². The maximum atomic E-state index is 13.6. The van der Waals surface area contributed by atoms with Gasteiger partial charge in [-0.15, -0.1) is 0 Å². The highest BCUT2D eigenvalue weighted by Gasteiger charge is 2.33. The number of aryl methyl sites for hydroxylation is 3. The predicted molar refractivity (Wildman–Crippen MR) is 111 cm³/mol. The Morgan fingerprint density at radius 1 is 1.24 bits per heavy atom. The number of carbonyl (C=O) groups is 2. The van der Waals surface area contributed by atoms with Crippen LogP contribution in [0.15, 0.2) is 6.07 Å². The van der Waals surface area contributed by atoms with Gasteiger partial charge in [0.05, 0.1) is 12.3 Å². The van der Waals surface area contributed by atoms with Crippen molar-refractivity contribution in [2.75, 3.05) is 6.61 Å². The summed E-state index contributed by atoms with van der Waals surface area (Å²) in [5.74, 6) is -0.0698. The first kappa shape index (κ1) is 21.1. The molecular formula is C23H30N2O4. The fraction of sp³-hybridized carbons (Fsp3) is 0.522. The normalized spacial score (nSPS) is 15.0. The maximum absolute atomic E-state index is 13.6. The summed E-state index contributed by atoms with van der Waals surface area (Å²) in [5.41, 5.74) is 6.26. The molecule has 0 unspecified atom stereocenters. The first-order valence-corrected chi connectivity index (χ1v) is 10.1. The van der Waals surface area contributed by atoms with E-state index in [0.717, 1.165) is 30.4 Å². The second-order valence-corrected chi connectivity index (χ2v) is 8.46. The lowest BCUT2D eigenvalue weighted by Gasteiger charge is -2.36. The molecule has 1 aliphatic rings. The zero-order valence-electron chi connectivity index (χ0n) is 18.4. The molecule has 1 aromatic carbocycles. The zero-order chi connectivity index (χ0) is 21.5. The summed E-state index contributed by atoms with van der Waals surface area (Å²) >= 11 is 0. The van der Waals surface area contributed by atoms with Crippen molar-refractivity contribution in [3.05, 3.63) is 45.1 Å². The molecule has 3 rings (SSSR count). The van der Waals surface area contributed by atoms with Gasteiger partial charge in [0.15, 0.2) is 0 Å². The Kier molecular flexibility index (Phi) is 5.57. The van der Waals surface area contributed by atoms with Crippen molar-refractivity contribution in [1.82, 2.24) is 9.78 Å². The van der Waals surface area contributed by atoms with Crippen molar-refractivity contribution in [1.29, 1.82) is 0 Å². The molecule has 2 aromatic rings. The number of rotatable bonds is 4. The van der Waals surface area contributed by atoms with Gasteiger partial charge in [0.1, 0.15) is 5.56 Å². The Bertz CT molecular complexity index is 985. The van der Waals surface area contributed by atoms with E-state index in [1.54, 1.807) is 20.9 Å². The first-order chi connectivity index (χ1) is 13.6. The molecule has 0 saturated heterocycles. The minimum Gasteiger partial charge on any atom is -0.434 e. The van der Waals surface area contributed by atoms with E-state index in [0.29, 0.717) is 16.8 Å². The van der Waals surface area contributed by atoms with Crippen LogP contribution in [0.4, 0.5) is 4.79 Å². The highest BCUT2D eigenvalue weighted by atomic mass is 16.7. The predicted octanol–water partition coefficient (Wildman–Crippen LogP) is 4.73. The van der Waals surface area contributed by atoms with Crippen molar-refractivity contribution in [2.24, 2.45) is 7.05 Å². The molecule has 0 aliphatic heterocycles. The van der Waals surface area contributed by atoms with Gasteiger partial charge in [-0.2, -0.15) is 5.10 Å². The number of ketones is 1. The van der Waals surface area contributed by atoms with Gasteiger partial charge in [0, 0.05) is 12.6 Å². The fourth-order valence-corrected chi connectivity index (χ4v) is 4.65. The molecular weight excluding hydrogens is 368 g/mol. The van der Waals surface area contributed by atoms with Crippen LogP contribution in [-0.2, 0) is 23.6 Å². The Balaban J connectivity index is 2.14. The highest BCUT2D eigenvalue weighted by molar-refractivity contribution is 6.12. The SMILES string of the molecule is CCOC(=O)Oc1c(C(=O)c2cc(C)c3c(c2C)C(C)(C)CCC3)c(C)nn1C. The van der Waals surface area contributed by atoms with Crippen LogP contribution in [0.3, 0.4) is 0 Å². The number of carbonyl (C=O) groups excluding carboxylic acids is 2. The molecule has 0 atom stereocenters. The van der Waals surface area contributed by atoms with Crippen LogP contribution < -0.4 is 4.74 Å². The minimum absolute atomic E-state index is 0.0208. The van der Waals surface area contributed by atoms with Crippen LogP contribution in [-0.4, -0.2) is 28.3 Å². The van der Waals surface area contributed by atoms with Gasteiger partial charge in [0.2, 0.25) is 11.7 Å². The summed E-state index contributed by atoms with van der Waals surface area (Å²) < 4.78 is 11.6. The van der Waals surface area contributed by atoms with Crippen LogP contribution in [0.5, 0.6) is 5.88 Å². The van der Waals surface area contributed by atoms with E-state index >= 15 is 0 Å². The van der Waals surface area contributed by atoms with E-state index in [1.165, 1.54) is 15.8 Å². The molecule has 0 bridgehead atoms. The third-order valence-corrected chi connectivity index (χ3v) is 5.91. The van der Waals surface area contributed by atoms with Crippen molar-refractivity contribution in [3.63, 3.8) is 0 Å². The number of hydrogen-bond donors (Lipinski definition) is 0. The fourth-order valence-electron chi connectivity index (χ4n) is 4.65. The van der Waals surface area contributed by atoms with Crippen molar-refractivity contribution in [3.8, 4) is 5.88 Å². The van der Waals surface area contributed by atoms with E-state index in [-0.39, 0.29) is 23.7 Å². The lowest BCUT2D eigenvalue weighted by molar-refractivity contribution is 0.0981. The molecule has 0 fully saturated rings. The Hall–Kier alpha value is -2.63. The van der Waals surface area contributed by atoms with E-state index in [1.807, 2.05) is 13.0 Å². The van der Waals surface area contributed by atoms with Crippen LogP contribution in [0, 0.1) is 20.8 Å². The lowest BCUT2D eigenvalue weighted by atomic mass is 9.68. The molecule has 29 heavy (non-hydrogen) atoms. The molecule has 0 radical (unpaired) electrons. The van der Waals surface area contributed by atoms with Gasteiger partial charge < -0.3 is 9.47 Å². The highest BCUT2D eigenvalue weighted by Crippen LogP contribution is 2.42. The molecule has 0 spiro atoms. The molecule has 0 saturated carbocycles. The summed E-state index contributed by atoms with van der Waals surface area (Å²) in [4.78, 5) is 25.5. The Morgan fingerprint density at radius 2 is 1.93 bits per heavy atom. The Morgan fingerprint density at radius 3 is 2.59 bits per heavy atom. The topological polar surface area (TPSA) is 70.4 Å². The second-order valence-electron chi connectivity index (χ2n) is 8.46. The largest absolute Gasteiger partial charge is 0.515 e. The van der Waals surface area contributed by atoms with Gasteiger partial charge in [-0.3, -0.25) is 4.79 Å². The molecule has 1 heterocycles. The number of hydrogen-bond acceptors (Lipinski definition) is 5. The smallest absolute Gasteiger partial charge is 0.434 e. The van der Waals surface area contributed by atoms with Crippen LogP contribution in [0.2, 0.25) is 0 Å². The van der Waals surface area contributed by atoms with Gasteiger partial charge in [-0.05, 0) is 80.7 Å². The van der Waals surface area contributed by atoms with Crippen LogP contribution >= 0.6 is 0 Å². The molecule has 0 amide bonds. The molecule has 6 heteroatoms. The van der Waals surface area contributed by atoms with E-state index in [9.17, 15) is 9.59 Å². The average molecular weight is 399 g/mol. The first-order valence-electron chi connectivity index (χ1n) is 10.1. The Labute approximate surface area is 172 Å². The molecule has 1 aromatic heterocycles. The average Bonchev–Trinajstić information content (AvgIpc) is 2.90. The number of nitrogens with zero attached hydrogens (tertiary/aromatic N) is 2. The van der Waals surface area contributed by atoms with E-state index in [4.69, 9.17) is 9.47 Å². The zero-order valence-corrected chi connectivity index (χ0v) is 18.4. The number of benzene rings is 1. The summed E-state index contributed by atoms with van der Waals surface area (Å²) in [5, 5.41) is 4.30. The lowest BCUT2D eigenvalue weighted by Crippen LogP contribution is -2.27. The van der Waals surface area contributed by atoms with Crippen molar-refractivity contribution >= 4 is 11.9 Å². The molecule has 0 N–H and O–H groups in total. The molecule has 156 valence electrons. The standard InChI is InChI=1S/C23H30N2O4/c1-8-28-22(27)29-21-18(15(4)24-25(21)7)20(26)17-12-13(2)16-10-9-11-23(5,6)19(16)14(17)3/h12H,8-11H2,1-7H3. The summed E-state index contributed by atoms with van der Waals surface area (Å²) in [6.07, 6.45) is 2.46. The van der Waals surface area contributed by atoms with Gasteiger partial charge in [-0.1, -0.05) is 13.8 Å². The van der Waals surface area contributed by atoms with E-state index in [2.05, 4.69) is 25.9 Å². The summed E-state index contributed by atoms with van der Waals surface area (Å²) in [7, 11) is 1.65. The molecule has 1 aliphatic carbocycles. The maximum Gasteiger partial charge on any atom is 0.515 e. The van der Waals surface area contributed by atoms with Gasteiger partial charge in [-0.25, -0.2) is 9.48 Å². The van der Waals surface area contributed by atoms with Gasteiger partial charge in [0.25, 0.3) is 0 Å². The third kappa shape index (κ3) is 3.68. The number of fused-ring (bicyclic) bond motifs is 1. The number of ether oxygens (including phenoxy) is 2. The second kappa shape index (κ2) is 7.65. The van der Waals surface area contributed by atoms with Crippen LogP contribution in [0.25, 0.3) is 0 Å². The summed E-state index contributed by atoms with van der Waals surface area (Å²) in [6, 6.07) is 1.97. The third-order valence-electron chi connectivity index (χ3n) is 5.91. The monoisotopic (exact) mass is 398 g/mol. The quantitative estimate of drug-likeness (QED) is 0.550. The number of aromatic nitrogens is 2. The molecule has 6 nitrogen and oxygen atoms in total. The minimum atomic E-state index is -0.843. The van der Waals surface area contributed by atoms with Gasteiger partial charge >= 0.3 is 6.16 Å². The summed E-state index contributed by atoms with van der Waals surface area (Å²) in [6.45, 7) is 12.2.